The highest BCUT2D eigenvalue weighted by Gasteiger charge is 2.13. The lowest BCUT2D eigenvalue weighted by Gasteiger charge is -2.13. The summed E-state index contributed by atoms with van der Waals surface area (Å²) in [6.45, 7) is 1.36. The Kier molecular flexibility index (Phi) is 6.51. The minimum atomic E-state index is -1.07. The number of amides is 1. The third-order valence-corrected chi connectivity index (χ3v) is 3.67. The molecule has 0 bridgehead atoms. The number of halogens is 1. The van der Waals surface area contributed by atoms with Crippen molar-refractivity contribution in [3.63, 3.8) is 0 Å². The summed E-state index contributed by atoms with van der Waals surface area (Å²) in [6, 6.07) is 12.9. The minimum Gasteiger partial charge on any atom is -0.482 e. The van der Waals surface area contributed by atoms with Gasteiger partial charge in [0.25, 0.3) is 0 Å². The number of aryl methyl sites for hydroxylation is 1. The lowest BCUT2D eigenvalue weighted by atomic mass is 10.00. The van der Waals surface area contributed by atoms with Gasteiger partial charge in [0, 0.05) is 17.7 Å². The van der Waals surface area contributed by atoms with Gasteiger partial charge in [-0.1, -0.05) is 25.1 Å². The van der Waals surface area contributed by atoms with Crippen molar-refractivity contribution >= 4 is 17.6 Å². The van der Waals surface area contributed by atoms with Crippen LogP contribution in [0.4, 0.5) is 10.1 Å². The molecule has 0 aliphatic carbocycles. The molecule has 1 unspecified atom stereocenters. The molecule has 0 fully saturated rings. The second kappa shape index (κ2) is 8.82. The first-order valence-corrected chi connectivity index (χ1v) is 7.94. The van der Waals surface area contributed by atoms with E-state index in [0.29, 0.717) is 24.3 Å². The molecule has 0 aromatic heterocycles. The SMILES string of the molecule is CC(CCc1cccc(F)c1)C(=O)Nc1cccc(OCC(=O)O)c1. The zero-order valence-electron chi connectivity index (χ0n) is 13.9. The number of ether oxygens (including phenoxy) is 1. The van der Waals surface area contributed by atoms with Crippen molar-refractivity contribution in [2.45, 2.75) is 19.8 Å². The van der Waals surface area contributed by atoms with Crippen LogP contribution in [-0.4, -0.2) is 23.6 Å². The van der Waals surface area contributed by atoms with Crippen molar-refractivity contribution in [1.29, 1.82) is 0 Å². The molecule has 0 aliphatic heterocycles. The number of aliphatic carboxylic acids is 1. The van der Waals surface area contributed by atoms with Gasteiger partial charge in [-0.2, -0.15) is 0 Å². The van der Waals surface area contributed by atoms with Crippen LogP contribution in [0, 0.1) is 11.7 Å². The van der Waals surface area contributed by atoms with E-state index in [1.54, 1.807) is 37.3 Å². The summed E-state index contributed by atoms with van der Waals surface area (Å²) >= 11 is 0. The van der Waals surface area contributed by atoms with Crippen LogP contribution >= 0.6 is 0 Å². The largest absolute Gasteiger partial charge is 0.482 e. The summed E-state index contributed by atoms with van der Waals surface area (Å²) in [5, 5.41) is 11.4. The highest BCUT2D eigenvalue weighted by atomic mass is 19.1. The van der Waals surface area contributed by atoms with Gasteiger partial charge in [-0.05, 0) is 42.7 Å². The van der Waals surface area contributed by atoms with Crippen molar-refractivity contribution in [3.8, 4) is 5.75 Å². The molecule has 6 heteroatoms. The van der Waals surface area contributed by atoms with Gasteiger partial charge in [-0.3, -0.25) is 4.79 Å². The number of hydrogen-bond donors (Lipinski definition) is 2. The third kappa shape index (κ3) is 6.25. The molecule has 2 aromatic rings. The number of carbonyl (C=O) groups excluding carboxylic acids is 1. The summed E-state index contributed by atoms with van der Waals surface area (Å²) < 4.78 is 18.2. The Morgan fingerprint density at radius 1 is 1.20 bits per heavy atom. The first-order valence-electron chi connectivity index (χ1n) is 7.94. The van der Waals surface area contributed by atoms with E-state index in [0.717, 1.165) is 5.56 Å². The molecule has 0 saturated heterocycles. The van der Waals surface area contributed by atoms with Gasteiger partial charge in [-0.15, -0.1) is 0 Å². The number of anilines is 1. The lowest BCUT2D eigenvalue weighted by Crippen LogP contribution is -2.21. The molecule has 25 heavy (non-hydrogen) atoms. The van der Waals surface area contributed by atoms with E-state index in [1.165, 1.54) is 12.1 Å². The Labute approximate surface area is 145 Å². The quantitative estimate of drug-likeness (QED) is 0.768. The Balaban J connectivity index is 1.88. The van der Waals surface area contributed by atoms with Crippen LogP contribution in [0.1, 0.15) is 18.9 Å². The Morgan fingerprint density at radius 3 is 2.68 bits per heavy atom. The first kappa shape index (κ1) is 18.4. The standard InChI is InChI=1S/C19H20FNO4/c1-13(8-9-14-4-2-5-15(20)10-14)19(24)21-16-6-3-7-17(11-16)25-12-18(22)23/h2-7,10-11,13H,8-9,12H2,1H3,(H,21,24)(H,22,23). The highest BCUT2D eigenvalue weighted by Crippen LogP contribution is 2.19. The molecule has 1 amide bonds. The monoisotopic (exact) mass is 345 g/mol. The van der Waals surface area contributed by atoms with Gasteiger partial charge in [0.15, 0.2) is 6.61 Å². The van der Waals surface area contributed by atoms with Gasteiger partial charge in [0.2, 0.25) is 5.91 Å². The minimum absolute atomic E-state index is 0.160. The van der Waals surface area contributed by atoms with Crippen LogP contribution in [0.3, 0.4) is 0 Å². The van der Waals surface area contributed by atoms with E-state index in [2.05, 4.69) is 5.32 Å². The van der Waals surface area contributed by atoms with E-state index >= 15 is 0 Å². The molecular weight excluding hydrogens is 325 g/mol. The lowest BCUT2D eigenvalue weighted by molar-refractivity contribution is -0.139. The maximum Gasteiger partial charge on any atom is 0.341 e. The second-order valence-corrected chi connectivity index (χ2v) is 5.77. The second-order valence-electron chi connectivity index (χ2n) is 5.77. The molecule has 2 N–H and O–H groups in total. The Morgan fingerprint density at radius 2 is 1.96 bits per heavy atom. The van der Waals surface area contributed by atoms with Gasteiger partial charge in [-0.25, -0.2) is 9.18 Å². The fourth-order valence-electron chi connectivity index (χ4n) is 2.28. The van der Waals surface area contributed by atoms with E-state index < -0.39 is 12.6 Å². The van der Waals surface area contributed by atoms with Gasteiger partial charge >= 0.3 is 5.97 Å². The van der Waals surface area contributed by atoms with Crippen LogP contribution in [-0.2, 0) is 16.0 Å². The molecule has 0 saturated carbocycles. The average Bonchev–Trinajstić information content (AvgIpc) is 2.58. The summed E-state index contributed by atoms with van der Waals surface area (Å²) in [5.41, 5.74) is 1.38. The summed E-state index contributed by atoms with van der Waals surface area (Å²) in [5.74, 6) is -1.40. The van der Waals surface area contributed by atoms with Crippen molar-refractivity contribution < 1.29 is 23.8 Å². The van der Waals surface area contributed by atoms with Crippen LogP contribution in [0.2, 0.25) is 0 Å². The third-order valence-electron chi connectivity index (χ3n) is 3.67. The number of carbonyl (C=O) groups is 2. The fraction of sp³-hybridized carbons (Fsp3) is 0.263. The first-order chi connectivity index (χ1) is 11.9. The topological polar surface area (TPSA) is 75.6 Å². The van der Waals surface area contributed by atoms with Crippen LogP contribution in [0.25, 0.3) is 0 Å². The van der Waals surface area contributed by atoms with Crippen LogP contribution < -0.4 is 10.1 Å². The Bertz CT molecular complexity index is 748. The highest BCUT2D eigenvalue weighted by molar-refractivity contribution is 5.92. The number of carboxylic acid groups (broad SMARTS) is 1. The zero-order chi connectivity index (χ0) is 18.2. The van der Waals surface area contributed by atoms with E-state index in [-0.39, 0.29) is 17.6 Å². The summed E-state index contributed by atoms with van der Waals surface area (Å²) in [6.07, 6.45) is 1.19. The maximum atomic E-state index is 13.2. The maximum absolute atomic E-state index is 13.2. The van der Waals surface area contributed by atoms with E-state index in [4.69, 9.17) is 9.84 Å². The predicted octanol–water partition coefficient (Wildman–Crippen LogP) is 3.50. The van der Waals surface area contributed by atoms with Gasteiger partial charge in [0.05, 0.1) is 0 Å². The smallest absolute Gasteiger partial charge is 0.341 e. The molecule has 0 spiro atoms. The fourth-order valence-corrected chi connectivity index (χ4v) is 2.28. The molecule has 0 heterocycles. The Hall–Kier alpha value is -2.89. The molecule has 2 aromatic carbocycles. The zero-order valence-corrected chi connectivity index (χ0v) is 13.9. The molecule has 2 rings (SSSR count). The summed E-state index contributed by atoms with van der Waals surface area (Å²) in [7, 11) is 0. The van der Waals surface area contributed by atoms with Crippen molar-refractivity contribution in [1.82, 2.24) is 0 Å². The van der Waals surface area contributed by atoms with Crippen molar-refractivity contribution in [2.24, 2.45) is 5.92 Å². The van der Waals surface area contributed by atoms with Gasteiger partial charge in [0.1, 0.15) is 11.6 Å². The van der Waals surface area contributed by atoms with Crippen molar-refractivity contribution in [2.75, 3.05) is 11.9 Å². The molecular formula is C19H20FNO4. The molecule has 132 valence electrons. The molecule has 1 atom stereocenters. The number of hydrogen-bond acceptors (Lipinski definition) is 3. The molecule has 0 radical (unpaired) electrons. The predicted molar refractivity (Wildman–Crippen MR) is 92.1 cm³/mol. The number of benzene rings is 2. The summed E-state index contributed by atoms with van der Waals surface area (Å²) in [4.78, 5) is 22.8. The van der Waals surface area contributed by atoms with Crippen LogP contribution in [0.15, 0.2) is 48.5 Å². The van der Waals surface area contributed by atoms with Gasteiger partial charge < -0.3 is 15.2 Å². The number of carboxylic acids is 1. The van der Waals surface area contributed by atoms with E-state index in [9.17, 15) is 14.0 Å². The number of rotatable bonds is 8. The molecule has 0 aliphatic rings. The molecule has 5 nitrogen and oxygen atoms in total. The van der Waals surface area contributed by atoms with Crippen LogP contribution in [0.5, 0.6) is 5.75 Å². The van der Waals surface area contributed by atoms with E-state index in [1.807, 2.05) is 6.07 Å². The number of nitrogens with one attached hydrogen (secondary N) is 1. The average molecular weight is 345 g/mol. The normalized spacial score (nSPS) is 11.6. The van der Waals surface area contributed by atoms with Crippen molar-refractivity contribution in [3.05, 3.63) is 59.9 Å².